The molecule has 0 N–H and O–H groups in total. The fourth-order valence-corrected chi connectivity index (χ4v) is 2.53. The van der Waals surface area contributed by atoms with Gasteiger partial charge in [-0.25, -0.2) is 0 Å². The van der Waals surface area contributed by atoms with Crippen molar-refractivity contribution >= 4 is 23.4 Å². The molecule has 0 heterocycles. The number of hydrogen-bond acceptors (Lipinski definition) is 1. The predicted molar refractivity (Wildman–Crippen MR) is 71.8 cm³/mol. The van der Waals surface area contributed by atoms with E-state index in [0.29, 0.717) is 0 Å². The standard InChI is InChI=1S/C13H19ClS/c1-3-4-9-15-10-12-5-7-13(8-6-12)11(2)14/h5-8,11H,3-4,9-10H2,1-2H3. The minimum atomic E-state index is 0.117. The summed E-state index contributed by atoms with van der Waals surface area (Å²) in [6, 6.07) is 8.64. The smallest absolute Gasteiger partial charge is 0.0557 e. The van der Waals surface area contributed by atoms with Crippen LogP contribution in [0.4, 0.5) is 0 Å². The molecule has 84 valence electrons. The second kappa shape index (κ2) is 7.19. The Morgan fingerprint density at radius 1 is 1.27 bits per heavy atom. The van der Waals surface area contributed by atoms with Gasteiger partial charge in [-0.1, -0.05) is 37.6 Å². The Morgan fingerprint density at radius 3 is 2.47 bits per heavy atom. The first kappa shape index (κ1) is 12.9. The highest BCUT2D eigenvalue weighted by Crippen LogP contribution is 2.21. The van der Waals surface area contributed by atoms with E-state index in [-0.39, 0.29) is 5.38 Å². The van der Waals surface area contributed by atoms with Gasteiger partial charge in [0.25, 0.3) is 0 Å². The third kappa shape index (κ3) is 4.94. The lowest BCUT2D eigenvalue weighted by Crippen LogP contribution is -1.87. The highest BCUT2D eigenvalue weighted by atomic mass is 35.5. The molecule has 0 aromatic heterocycles. The summed E-state index contributed by atoms with van der Waals surface area (Å²) in [6.45, 7) is 4.24. The van der Waals surface area contributed by atoms with Crippen molar-refractivity contribution in [3.63, 3.8) is 0 Å². The van der Waals surface area contributed by atoms with Crippen molar-refractivity contribution in [2.24, 2.45) is 0 Å². The molecule has 0 aliphatic carbocycles. The van der Waals surface area contributed by atoms with Gasteiger partial charge in [-0.15, -0.1) is 11.6 Å². The molecule has 0 spiro atoms. The number of alkyl halides is 1. The van der Waals surface area contributed by atoms with Crippen LogP contribution in [0.1, 0.15) is 43.2 Å². The number of benzene rings is 1. The van der Waals surface area contributed by atoms with Crippen molar-refractivity contribution in [1.82, 2.24) is 0 Å². The molecule has 0 saturated carbocycles. The van der Waals surface area contributed by atoms with Crippen molar-refractivity contribution in [3.05, 3.63) is 35.4 Å². The highest BCUT2D eigenvalue weighted by molar-refractivity contribution is 7.98. The first-order valence-electron chi connectivity index (χ1n) is 5.54. The summed E-state index contributed by atoms with van der Waals surface area (Å²) in [5.41, 5.74) is 2.61. The van der Waals surface area contributed by atoms with Crippen LogP contribution in [-0.4, -0.2) is 5.75 Å². The van der Waals surface area contributed by atoms with Gasteiger partial charge in [0.15, 0.2) is 0 Å². The molecule has 0 aliphatic rings. The molecule has 1 atom stereocenters. The first-order chi connectivity index (χ1) is 7.24. The third-order valence-electron chi connectivity index (χ3n) is 2.35. The van der Waals surface area contributed by atoms with E-state index in [1.807, 2.05) is 18.7 Å². The van der Waals surface area contributed by atoms with Gasteiger partial charge in [0, 0.05) is 5.75 Å². The number of halogens is 1. The summed E-state index contributed by atoms with van der Waals surface area (Å²) in [4.78, 5) is 0. The Balaban J connectivity index is 2.36. The van der Waals surface area contributed by atoms with Gasteiger partial charge in [-0.3, -0.25) is 0 Å². The Labute approximate surface area is 102 Å². The molecule has 0 bridgehead atoms. The number of unbranched alkanes of at least 4 members (excludes halogenated alkanes) is 1. The normalized spacial score (nSPS) is 12.7. The lowest BCUT2D eigenvalue weighted by molar-refractivity contribution is 0.896. The average molecular weight is 243 g/mol. The van der Waals surface area contributed by atoms with Crippen LogP contribution in [0.3, 0.4) is 0 Å². The first-order valence-corrected chi connectivity index (χ1v) is 7.13. The Morgan fingerprint density at radius 2 is 1.93 bits per heavy atom. The monoisotopic (exact) mass is 242 g/mol. The molecule has 1 unspecified atom stereocenters. The van der Waals surface area contributed by atoms with Crippen molar-refractivity contribution in [2.45, 2.75) is 37.8 Å². The van der Waals surface area contributed by atoms with E-state index in [0.717, 1.165) is 5.75 Å². The lowest BCUT2D eigenvalue weighted by Gasteiger charge is -2.05. The third-order valence-corrected chi connectivity index (χ3v) is 3.72. The molecule has 0 nitrogen and oxygen atoms in total. The Hall–Kier alpha value is -0.140. The summed E-state index contributed by atoms with van der Waals surface area (Å²) in [5, 5.41) is 0.117. The predicted octanol–water partition coefficient (Wildman–Crippen LogP) is 5.02. The van der Waals surface area contributed by atoms with Crippen molar-refractivity contribution in [1.29, 1.82) is 0 Å². The van der Waals surface area contributed by atoms with Crippen molar-refractivity contribution in [2.75, 3.05) is 5.75 Å². The maximum Gasteiger partial charge on any atom is 0.0557 e. The summed E-state index contributed by atoms with van der Waals surface area (Å²) >= 11 is 8.01. The van der Waals surface area contributed by atoms with Gasteiger partial charge in [-0.05, 0) is 30.2 Å². The minimum Gasteiger partial charge on any atom is -0.157 e. The minimum absolute atomic E-state index is 0.117. The van der Waals surface area contributed by atoms with Crippen LogP contribution in [0.5, 0.6) is 0 Å². The van der Waals surface area contributed by atoms with E-state index in [1.165, 1.54) is 29.7 Å². The SMILES string of the molecule is CCCCSCc1ccc(C(C)Cl)cc1. The van der Waals surface area contributed by atoms with Crippen LogP contribution in [0.2, 0.25) is 0 Å². The van der Waals surface area contributed by atoms with Crippen molar-refractivity contribution < 1.29 is 0 Å². The van der Waals surface area contributed by atoms with Gasteiger partial charge in [0.1, 0.15) is 0 Å². The zero-order valence-electron chi connectivity index (χ0n) is 9.50. The van der Waals surface area contributed by atoms with Crippen LogP contribution in [0.15, 0.2) is 24.3 Å². The molecule has 0 aliphatic heterocycles. The van der Waals surface area contributed by atoms with Crippen LogP contribution >= 0.6 is 23.4 Å². The van der Waals surface area contributed by atoms with E-state index in [2.05, 4.69) is 31.2 Å². The zero-order valence-corrected chi connectivity index (χ0v) is 11.1. The number of hydrogen-bond donors (Lipinski definition) is 0. The second-order valence-corrected chi connectivity index (χ2v) is 5.52. The topological polar surface area (TPSA) is 0 Å². The van der Waals surface area contributed by atoms with Crippen LogP contribution < -0.4 is 0 Å². The van der Waals surface area contributed by atoms with Crippen LogP contribution in [0.25, 0.3) is 0 Å². The Bertz CT molecular complexity index is 266. The van der Waals surface area contributed by atoms with E-state index < -0.39 is 0 Å². The van der Waals surface area contributed by atoms with Gasteiger partial charge >= 0.3 is 0 Å². The lowest BCUT2D eigenvalue weighted by atomic mass is 10.1. The molecular formula is C13H19ClS. The summed E-state index contributed by atoms with van der Waals surface area (Å²) in [6.07, 6.45) is 2.61. The fourth-order valence-electron chi connectivity index (χ4n) is 1.32. The summed E-state index contributed by atoms with van der Waals surface area (Å²) in [7, 11) is 0. The maximum atomic E-state index is 6.00. The van der Waals surface area contributed by atoms with Crippen molar-refractivity contribution in [3.8, 4) is 0 Å². The zero-order chi connectivity index (χ0) is 11.1. The van der Waals surface area contributed by atoms with Gasteiger partial charge in [0.2, 0.25) is 0 Å². The molecule has 1 aromatic carbocycles. The van der Waals surface area contributed by atoms with E-state index in [9.17, 15) is 0 Å². The number of rotatable bonds is 6. The molecule has 2 heteroatoms. The molecule has 15 heavy (non-hydrogen) atoms. The molecule has 0 saturated heterocycles. The molecule has 0 amide bonds. The largest absolute Gasteiger partial charge is 0.157 e. The fraction of sp³-hybridized carbons (Fsp3) is 0.538. The molecule has 0 fully saturated rings. The molecular weight excluding hydrogens is 224 g/mol. The van der Waals surface area contributed by atoms with Crippen LogP contribution in [0, 0.1) is 0 Å². The van der Waals surface area contributed by atoms with Crippen LogP contribution in [-0.2, 0) is 5.75 Å². The molecule has 1 rings (SSSR count). The van der Waals surface area contributed by atoms with E-state index >= 15 is 0 Å². The van der Waals surface area contributed by atoms with Gasteiger partial charge < -0.3 is 0 Å². The highest BCUT2D eigenvalue weighted by Gasteiger charge is 2.00. The number of thioether (sulfide) groups is 1. The Kier molecular flexibility index (Phi) is 6.19. The summed E-state index contributed by atoms with van der Waals surface area (Å²) in [5.74, 6) is 2.39. The maximum absolute atomic E-state index is 6.00. The second-order valence-electron chi connectivity index (χ2n) is 3.76. The van der Waals surface area contributed by atoms with E-state index in [4.69, 9.17) is 11.6 Å². The van der Waals surface area contributed by atoms with Gasteiger partial charge in [-0.2, -0.15) is 11.8 Å². The average Bonchev–Trinajstić information content (AvgIpc) is 2.25. The quantitative estimate of drug-likeness (QED) is 0.499. The summed E-state index contributed by atoms with van der Waals surface area (Å²) < 4.78 is 0. The van der Waals surface area contributed by atoms with E-state index in [1.54, 1.807) is 0 Å². The molecule has 1 aromatic rings. The van der Waals surface area contributed by atoms with Gasteiger partial charge in [0.05, 0.1) is 5.38 Å². The molecule has 0 radical (unpaired) electrons.